The number of aromatic nitrogens is 2. The molecule has 1 saturated heterocycles. The Labute approximate surface area is 175 Å². The number of benzene rings is 1. The number of nitrogen functional groups attached to an aromatic ring is 1. The zero-order valence-corrected chi connectivity index (χ0v) is 17.6. The van der Waals surface area contributed by atoms with Gasteiger partial charge in [-0.1, -0.05) is 6.07 Å². The SMILES string of the molecule is Cc1ncc(-c2cc(-c3cc(SNCC4CCCOC4)ccc3C)cnc2N)o1. The third kappa shape index (κ3) is 4.80. The summed E-state index contributed by atoms with van der Waals surface area (Å²) >= 11 is 1.66. The lowest BCUT2D eigenvalue weighted by Crippen LogP contribution is -2.25. The average Bonchev–Trinajstić information content (AvgIpc) is 3.17. The van der Waals surface area contributed by atoms with E-state index in [1.807, 2.05) is 19.2 Å². The van der Waals surface area contributed by atoms with Crippen LogP contribution in [-0.4, -0.2) is 29.7 Å². The number of nitrogens with zero attached hydrogens (tertiary/aromatic N) is 2. The Morgan fingerprint density at radius 1 is 1.17 bits per heavy atom. The van der Waals surface area contributed by atoms with Gasteiger partial charge in [-0.25, -0.2) is 9.97 Å². The summed E-state index contributed by atoms with van der Waals surface area (Å²) in [6.07, 6.45) is 5.88. The zero-order valence-electron chi connectivity index (χ0n) is 16.8. The molecule has 2 aromatic heterocycles. The number of anilines is 1. The first-order valence-electron chi connectivity index (χ1n) is 9.87. The van der Waals surface area contributed by atoms with E-state index < -0.39 is 0 Å². The minimum absolute atomic E-state index is 0.435. The summed E-state index contributed by atoms with van der Waals surface area (Å²) in [5.74, 6) is 2.27. The first-order valence-corrected chi connectivity index (χ1v) is 10.7. The van der Waals surface area contributed by atoms with Gasteiger partial charge < -0.3 is 14.9 Å². The molecule has 3 heterocycles. The number of ether oxygens (including phenoxy) is 1. The minimum Gasteiger partial charge on any atom is -0.441 e. The van der Waals surface area contributed by atoms with Crippen LogP contribution in [0.3, 0.4) is 0 Å². The van der Waals surface area contributed by atoms with Gasteiger partial charge in [0.15, 0.2) is 11.7 Å². The van der Waals surface area contributed by atoms with Crippen molar-refractivity contribution in [2.45, 2.75) is 31.6 Å². The van der Waals surface area contributed by atoms with Gasteiger partial charge in [0.25, 0.3) is 0 Å². The second kappa shape index (κ2) is 8.98. The molecular formula is C22H26N4O2S. The third-order valence-corrected chi connectivity index (χ3v) is 5.94. The van der Waals surface area contributed by atoms with Gasteiger partial charge in [-0.15, -0.1) is 0 Å². The number of aryl methyl sites for hydroxylation is 2. The molecule has 0 amide bonds. The topological polar surface area (TPSA) is 86.2 Å². The lowest BCUT2D eigenvalue weighted by molar-refractivity contribution is 0.0570. The lowest BCUT2D eigenvalue weighted by Gasteiger charge is -2.22. The summed E-state index contributed by atoms with van der Waals surface area (Å²) < 4.78 is 14.7. The Hall–Kier alpha value is -2.35. The van der Waals surface area contributed by atoms with E-state index in [1.165, 1.54) is 12.0 Å². The average molecular weight is 411 g/mol. The van der Waals surface area contributed by atoms with E-state index in [2.05, 4.69) is 39.8 Å². The largest absolute Gasteiger partial charge is 0.441 e. The second-order valence-electron chi connectivity index (χ2n) is 7.41. The van der Waals surface area contributed by atoms with Crippen molar-refractivity contribution in [3.05, 3.63) is 48.1 Å². The number of hydrogen-bond acceptors (Lipinski definition) is 7. The predicted molar refractivity (Wildman–Crippen MR) is 116 cm³/mol. The maximum Gasteiger partial charge on any atom is 0.191 e. The molecule has 0 spiro atoms. The van der Waals surface area contributed by atoms with Crippen LogP contribution < -0.4 is 10.5 Å². The molecule has 6 nitrogen and oxygen atoms in total. The van der Waals surface area contributed by atoms with Gasteiger partial charge in [-0.05, 0) is 67.0 Å². The summed E-state index contributed by atoms with van der Waals surface area (Å²) in [4.78, 5) is 9.72. The molecular weight excluding hydrogens is 384 g/mol. The fourth-order valence-corrected chi connectivity index (χ4v) is 4.29. The summed E-state index contributed by atoms with van der Waals surface area (Å²) in [6, 6.07) is 8.48. The molecule has 1 aliphatic heterocycles. The fourth-order valence-electron chi connectivity index (χ4n) is 3.49. The standard InChI is InChI=1S/C22H26N4O2S/c1-14-5-6-18(29-26-10-16-4-3-7-27-13-16)9-19(14)17-8-20(22(23)25-11-17)21-12-24-15(2)28-21/h5-6,8-9,11-12,16,26H,3-4,7,10,13H2,1-2H3,(H2,23,25). The Balaban J connectivity index is 1.53. The molecule has 1 fully saturated rings. The van der Waals surface area contributed by atoms with Crippen LogP contribution in [0.15, 0.2) is 46.0 Å². The van der Waals surface area contributed by atoms with Crippen molar-refractivity contribution in [2.24, 2.45) is 5.92 Å². The monoisotopic (exact) mass is 410 g/mol. The van der Waals surface area contributed by atoms with Crippen LogP contribution in [0.5, 0.6) is 0 Å². The van der Waals surface area contributed by atoms with Gasteiger partial charge >= 0.3 is 0 Å². The number of hydrogen-bond donors (Lipinski definition) is 2. The molecule has 29 heavy (non-hydrogen) atoms. The maximum atomic E-state index is 6.09. The van der Waals surface area contributed by atoms with Crippen LogP contribution in [0.4, 0.5) is 5.82 Å². The molecule has 4 rings (SSSR count). The molecule has 3 aromatic rings. The highest BCUT2D eigenvalue weighted by Gasteiger charge is 2.15. The fraction of sp³-hybridized carbons (Fsp3) is 0.364. The van der Waals surface area contributed by atoms with Gasteiger partial charge in [0.2, 0.25) is 0 Å². The van der Waals surface area contributed by atoms with Crippen molar-refractivity contribution in [1.29, 1.82) is 0 Å². The Kier molecular flexibility index (Phi) is 6.18. The van der Waals surface area contributed by atoms with Crippen LogP contribution in [0, 0.1) is 19.8 Å². The van der Waals surface area contributed by atoms with E-state index in [-0.39, 0.29) is 0 Å². The Bertz CT molecular complexity index is 983. The summed E-state index contributed by atoms with van der Waals surface area (Å²) in [7, 11) is 0. The minimum atomic E-state index is 0.435. The molecule has 3 N–H and O–H groups in total. The maximum absolute atomic E-state index is 6.09. The van der Waals surface area contributed by atoms with E-state index in [1.54, 1.807) is 18.1 Å². The third-order valence-electron chi connectivity index (χ3n) is 5.14. The van der Waals surface area contributed by atoms with Crippen LogP contribution >= 0.6 is 11.9 Å². The normalized spacial score (nSPS) is 16.8. The molecule has 0 bridgehead atoms. The molecule has 1 atom stereocenters. The molecule has 1 unspecified atom stereocenters. The van der Waals surface area contributed by atoms with Gasteiger partial charge in [-0.2, -0.15) is 0 Å². The Morgan fingerprint density at radius 3 is 2.83 bits per heavy atom. The van der Waals surface area contributed by atoms with E-state index in [0.717, 1.165) is 47.8 Å². The van der Waals surface area contributed by atoms with Crippen LogP contribution in [0.1, 0.15) is 24.3 Å². The van der Waals surface area contributed by atoms with E-state index in [0.29, 0.717) is 23.4 Å². The van der Waals surface area contributed by atoms with Crippen molar-refractivity contribution in [2.75, 3.05) is 25.5 Å². The summed E-state index contributed by atoms with van der Waals surface area (Å²) in [5, 5.41) is 0. The van der Waals surface area contributed by atoms with Gasteiger partial charge in [0.1, 0.15) is 5.82 Å². The highest BCUT2D eigenvalue weighted by Crippen LogP contribution is 2.33. The van der Waals surface area contributed by atoms with Gasteiger partial charge in [0, 0.05) is 36.7 Å². The van der Waals surface area contributed by atoms with E-state index in [4.69, 9.17) is 14.9 Å². The van der Waals surface area contributed by atoms with Crippen LogP contribution in [0.2, 0.25) is 0 Å². The van der Waals surface area contributed by atoms with Crippen molar-refractivity contribution < 1.29 is 9.15 Å². The zero-order chi connectivity index (χ0) is 20.2. The van der Waals surface area contributed by atoms with Crippen molar-refractivity contribution in [3.63, 3.8) is 0 Å². The van der Waals surface area contributed by atoms with E-state index >= 15 is 0 Å². The number of nitrogens with one attached hydrogen (secondary N) is 1. The van der Waals surface area contributed by atoms with Crippen molar-refractivity contribution >= 4 is 17.8 Å². The molecule has 0 saturated carbocycles. The van der Waals surface area contributed by atoms with Crippen molar-refractivity contribution in [1.82, 2.24) is 14.7 Å². The van der Waals surface area contributed by atoms with Crippen LogP contribution in [-0.2, 0) is 4.74 Å². The van der Waals surface area contributed by atoms with Crippen molar-refractivity contribution in [3.8, 4) is 22.5 Å². The number of pyridine rings is 1. The molecule has 7 heteroatoms. The first-order chi connectivity index (χ1) is 14.1. The molecule has 0 radical (unpaired) electrons. The first kappa shape index (κ1) is 19.9. The molecule has 152 valence electrons. The Morgan fingerprint density at radius 2 is 2.07 bits per heavy atom. The van der Waals surface area contributed by atoms with E-state index in [9.17, 15) is 0 Å². The second-order valence-corrected chi connectivity index (χ2v) is 8.37. The predicted octanol–water partition coefficient (Wildman–Crippen LogP) is 4.63. The lowest BCUT2D eigenvalue weighted by atomic mass is 10.0. The van der Waals surface area contributed by atoms with Gasteiger partial charge in [0.05, 0.1) is 18.4 Å². The highest BCUT2D eigenvalue weighted by molar-refractivity contribution is 7.97. The summed E-state index contributed by atoms with van der Waals surface area (Å²) in [5.41, 5.74) is 10.2. The number of rotatable bonds is 6. The molecule has 0 aliphatic carbocycles. The quantitative estimate of drug-likeness (QED) is 0.573. The summed E-state index contributed by atoms with van der Waals surface area (Å²) in [6.45, 7) is 6.62. The van der Waals surface area contributed by atoms with Gasteiger partial charge in [-0.3, -0.25) is 4.72 Å². The molecule has 1 aliphatic rings. The smallest absolute Gasteiger partial charge is 0.191 e. The van der Waals surface area contributed by atoms with Crippen LogP contribution in [0.25, 0.3) is 22.5 Å². The number of oxazole rings is 1. The number of nitrogens with two attached hydrogens (primary N) is 1. The highest BCUT2D eigenvalue weighted by atomic mass is 32.2. The molecule has 1 aromatic carbocycles.